The summed E-state index contributed by atoms with van der Waals surface area (Å²) in [6.07, 6.45) is 3.74. The first-order valence-corrected chi connectivity index (χ1v) is 30.6. The largest absolute Gasteiger partial charge is 0.497 e. The first-order valence-electron chi connectivity index (χ1n) is 30.6. The van der Waals surface area contributed by atoms with Crippen LogP contribution in [0.25, 0.3) is 44.5 Å². The van der Waals surface area contributed by atoms with Gasteiger partial charge in [-0.3, -0.25) is 0 Å². The third kappa shape index (κ3) is 21.9. The van der Waals surface area contributed by atoms with Gasteiger partial charge in [0, 0.05) is 0 Å². The molecular formula is C84H100O. The molecule has 0 aliphatic carbocycles. The highest BCUT2D eigenvalue weighted by molar-refractivity contribution is 5.69. The van der Waals surface area contributed by atoms with E-state index in [-0.39, 0.29) is 0 Å². The molecule has 1 nitrogen and oxygen atoms in total. The summed E-state index contributed by atoms with van der Waals surface area (Å²) in [5.74, 6) is 0.942. The zero-order valence-corrected chi connectivity index (χ0v) is 55.9. The second-order valence-corrected chi connectivity index (χ2v) is 24.2. The minimum atomic E-state index is 0.942. The van der Waals surface area contributed by atoms with Gasteiger partial charge in [-0.25, -0.2) is 0 Å². The molecule has 0 N–H and O–H groups in total. The van der Waals surface area contributed by atoms with Gasteiger partial charge in [0.15, 0.2) is 0 Å². The first kappa shape index (κ1) is 67.8. The number of benzene rings is 10. The predicted octanol–water partition coefficient (Wildman–Crippen LogP) is 24.0. The normalized spacial score (nSPS) is 10.3. The molecule has 10 aromatic rings. The van der Waals surface area contributed by atoms with Gasteiger partial charge in [-0.15, -0.1) is 0 Å². The van der Waals surface area contributed by atoms with Crippen LogP contribution >= 0.6 is 0 Å². The molecule has 0 saturated heterocycles. The van der Waals surface area contributed by atoms with Crippen LogP contribution in [0.15, 0.2) is 188 Å². The molecule has 1 heteroatoms. The summed E-state index contributed by atoms with van der Waals surface area (Å²) in [6.45, 7) is 43.1. The molecule has 0 radical (unpaired) electrons. The zero-order chi connectivity index (χ0) is 62.5. The minimum Gasteiger partial charge on any atom is -0.497 e. The van der Waals surface area contributed by atoms with Crippen LogP contribution in [0.5, 0.6) is 5.75 Å². The second-order valence-electron chi connectivity index (χ2n) is 24.2. The van der Waals surface area contributed by atoms with Crippen molar-refractivity contribution in [3.63, 3.8) is 0 Å². The van der Waals surface area contributed by atoms with Crippen LogP contribution in [-0.4, -0.2) is 7.11 Å². The van der Waals surface area contributed by atoms with E-state index in [1.807, 2.05) is 12.1 Å². The van der Waals surface area contributed by atoms with Gasteiger partial charge in [0.2, 0.25) is 0 Å². The fraction of sp³-hybridized carbons (Fsp3) is 0.286. The SMILES string of the molecule is CCCCc1ccc(-c2cc(C)c(C)c(C)c2)cc1.COc1cc(C)cc(C)c1.Cc1cc(C)c(C)c(C)c1.Cc1ccc(-c2cc(C)c(C)c(C)c2)cc1.Cc1ccc(-c2cc(C)cc(C)c2)cc1.Cc1ccc(-c2cc(C)cc(C)c2)cc1. The van der Waals surface area contributed by atoms with Gasteiger partial charge < -0.3 is 4.74 Å². The number of hydrogen-bond acceptors (Lipinski definition) is 1. The van der Waals surface area contributed by atoms with Crippen molar-refractivity contribution in [2.24, 2.45) is 0 Å². The molecule has 85 heavy (non-hydrogen) atoms. The quantitative estimate of drug-likeness (QED) is 0.147. The highest BCUT2D eigenvalue weighted by Gasteiger charge is 2.06. The van der Waals surface area contributed by atoms with Crippen molar-refractivity contribution in [2.45, 2.75) is 158 Å². The van der Waals surface area contributed by atoms with Crippen molar-refractivity contribution in [3.05, 3.63) is 299 Å². The molecule has 442 valence electrons. The lowest BCUT2D eigenvalue weighted by Crippen LogP contribution is -1.89. The number of hydrogen-bond donors (Lipinski definition) is 0. The third-order valence-electron chi connectivity index (χ3n) is 16.1. The van der Waals surface area contributed by atoms with E-state index in [9.17, 15) is 0 Å². The van der Waals surface area contributed by atoms with Crippen LogP contribution in [0.3, 0.4) is 0 Å². The van der Waals surface area contributed by atoms with Crippen LogP contribution in [-0.2, 0) is 6.42 Å². The maximum absolute atomic E-state index is 5.08. The van der Waals surface area contributed by atoms with Gasteiger partial charge in [-0.2, -0.15) is 0 Å². The molecular weight excluding hydrogens is 1020 g/mol. The van der Waals surface area contributed by atoms with E-state index in [0.29, 0.717) is 0 Å². The maximum atomic E-state index is 5.08. The fourth-order valence-corrected chi connectivity index (χ4v) is 10.5. The topological polar surface area (TPSA) is 9.23 Å². The van der Waals surface area contributed by atoms with Crippen LogP contribution < -0.4 is 4.74 Å². The van der Waals surface area contributed by atoms with Gasteiger partial charge in [0.25, 0.3) is 0 Å². The lowest BCUT2D eigenvalue weighted by molar-refractivity contribution is 0.414. The summed E-state index contributed by atoms with van der Waals surface area (Å²) in [5.41, 5.74) is 37.6. The molecule has 0 spiro atoms. The lowest BCUT2D eigenvalue weighted by Gasteiger charge is -2.10. The molecule has 10 aromatic carbocycles. The van der Waals surface area contributed by atoms with Crippen molar-refractivity contribution < 1.29 is 4.74 Å². The summed E-state index contributed by atoms with van der Waals surface area (Å²) in [5, 5.41) is 0. The molecule has 0 bridgehead atoms. The Morgan fingerprint density at radius 2 is 0.471 bits per heavy atom. The van der Waals surface area contributed by atoms with Crippen LogP contribution in [0.4, 0.5) is 0 Å². The predicted molar refractivity (Wildman–Crippen MR) is 376 cm³/mol. The van der Waals surface area contributed by atoms with E-state index in [4.69, 9.17) is 4.74 Å². The summed E-state index contributed by atoms with van der Waals surface area (Å²) in [7, 11) is 1.69. The van der Waals surface area contributed by atoms with Crippen molar-refractivity contribution in [2.75, 3.05) is 7.11 Å². The average molecular weight is 1130 g/mol. The summed E-state index contributed by atoms with van der Waals surface area (Å²) < 4.78 is 5.08. The Balaban J connectivity index is 0.000000189. The standard InChI is InChI=1S/C19H24.C16H18.2C15H16.C10H14.C9H12O/c1-5-6-7-17-8-10-18(11-9-17)19-12-14(2)16(4)15(3)13-19;1-11-5-7-15(8-6-11)16-9-12(2)14(4)13(3)10-16;2*1-11-4-6-14(7-5-11)15-9-12(2)8-13(3)10-15;1-7-5-8(2)10(4)9(3)6-7;1-7-4-8(2)6-9(5-7)10-3/h8-13H,5-7H2,1-4H3;5-10H,1-4H3;2*4-10H,1-3H3;5-6H,1-4H3;4-6H,1-3H3. The van der Waals surface area contributed by atoms with Crippen molar-refractivity contribution >= 4 is 0 Å². The molecule has 0 atom stereocenters. The zero-order valence-electron chi connectivity index (χ0n) is 55.9. The first-order chi connectivity index (χ1) is 40.3. The molecule has 10 rings (SSSR count). The molecule has 0 aromatic heterocycles. The van der Waals surface area contributed by atoms with Crippen molar-refractivity contribution in [1.82, 2.24) is 0 Å². The van der Waals surface area contributed by atoms with Gasteiger partial charge in [-0.05, 0) is 268 Å². The monoisotopic (exact) mass is 1120 g/mol. The maximum Gasteiger partial charge on any atom is 0.119 e. The van der Waals surface area contributed by atoms with E-state index in [1.165, 1.54) is 175 Å². The number of rotatable bonds is 8. The smallest absolute Gasteiger partial charge is 0.119 e. The van der Waals surface area contributed by atoms with Crippen LogP contribution in [0.1, 0.15) is 131 Å². The fourth-order valence-electron chi connectivity index (χ4n) is 10.5. The van der Waals surface area contributed by atoms with Gasteiger partial charge in [0.05, 0.1) is 7.11 Å². The molecule has 0 heterocycles. The Morgan fingerprint density at radius 3 is 0.741 bits per heavy atom. The molecule has 0 aliphatic heterocycles. The summed E-state index contributed by atoms with van der Waals surface area (Å²) in [6, 6.07) is 68.3. The highest BCUT2D eigenvalue weighted by atomic mass is 16.5. The molecule has 0 aliphatic rings. The molecule has 0 saturated carbocycles. The van der Waals surface area contributed by atoms with Crippen molar-refractivity contribution in [3.8, 4) is 50.3 Å². The molecule has 0 fully saturated rings. The van der Waals surface area contributed by atoms with E-state index in [1.54, 1.807) is 7.11 Å². The summed E-state index contributed by atoms with van der Waals surface area (Å²) >= 11 is 0. The number of unbranched alkanes of at least 4 members (excludes halogenated alkanes) is 1. The third-order valence-corrected chi connectivity index (χ3v) is 16.1. The van der Waals surface area contributed by atoms with E-state index in [2.05, 4.69) is 314 Å². The molecule has 0 unspecified atom stereocenters. The number of methoxy groups -OCH3 is 1. The highest BCUT2D eigenvalue weighted by Crippen LogP contribution is 2.28. The van der Waals surface area contributed by atoms with E-state index >= 15 is 0 Å². The Morgan fingerprint density at radius 1 is 0.235 bits per heavy atom. The lowest BCUT2D eigenvalue weighted by atomic mass is 9.95. The van der Waals surface area contributed by atoms with Crippen LogP contribution in [0.2, 0.25) is 0 Å². The average Bonchev–Trinajstić information content (AvgIpc) is 3.60. The number of ether oxygens (including phenoxy) is 1. The second kappa shape index (κ2) is 32.9. The Hall–Kier alpha value is -8.00. The Kier molecular flexibility index (Phi) is 26.2. The minimum absolute atomic E-state index is 0.942. The van der Waals surface area contributed by atoms with Gasteiger partial charge in [0.1, 0.15) is 5.75 Å². The Labute approximate surface area is 516 Å². The van der Waals surface area contributed by atoms with E-state index in [0.717, 1.165) is 5.75 Å². The van der Waals surface area contributed by atoms with Crippen LogP contribution in [0, 0.1) is 132 Å². The van der Waals surface area contributed by atoms with Gasteiger partial charge >= 0.3 is 0 Å². The number of aryl methyl sites for hydroxylation is 17. The molecule has 0 amide bonds. The Bertz CT molecular complexity index is 3490. The van der Waals surface area contributed by atoms with Crippen molar-refractivity contribution in [1.29, 1.82) is 0 Å². The van der Waals surface area contributed by atoms with Gasteiger partial charge in [-0.1, -0.05) is 234 Å². The summed E-state index contributed by atoms with van der Waals surface area (Å²) in [4.78, 5) is 0. The van der Waals surface area contributed by atoms with E-state index < -0.39 is 0 Å².